The van der Waals surface area contributed by atoms with Crippen molar-refractivity contribution in [3.63, 3.8) is 0 Å². The average Bonchev–Trinajstić information content (AvgIpc) is 2.69. The van der Waals surface area contributed by atoms with Crippen molar-refractivity contribution in [3.8, 4) is 11.5 Å². The van der Waals surface area contributed by atoms with Crippen molar-refractivity contribution in [2.45, 2.75) is 6.42 Å². The smallest absolute Gasteiger partial charge is 0.248 e. The van der Waals surface area contributed by atoms with Gasteiger partial charge < -0.3 is 20.5 Å². The highest BCUT2D eigenvalue weighted by atomic mass is 32.2. The second-order valence-corrected chi connectivity index (χ2v) is 8.34. The van der Waals surface area contributed by atoms with E-state index in [1.165, 1.54) is 16.4 Å². The number of hydrogen-bond donors (Lipinski definition) is 2. The third kappa shape index (κ3) is 6.37. The van der Waals surface area contributed by atoms with E-state index in [1.807, 2.05) is 18.2 Å². The Morgan fingerprint density at radius 3 is 2.24 bits per heavy atom. The quantitative estimate of drug-likeness (QED) is 0.531. The predicted octanol–water partition coefficient (Wildman–Crippen LogP) is 1.40. The second kappa shape index (κ2) is 10.1. The van der Waals surface area contributed by atoms with Crippen molar-refractivity contribution in [2.75, 3.05) is 44.4 Å². The van der Waals surface area contributed by atoms with Gasteiger partial charge in [0.2, 0.25) is 15.9 Å². The number of carbonyl (C=O) groups is 1. The van der Waals surface area contributed by atoms with E-state index in [-0.39, 0.29) is 6.54 Å². The molecule has 3 N–H and O–H groups in total. The highest BCUT2D eigenvalue weighted by Crippen LogP contribution is 2.27. The largest absolute Gasteiger partial charge is 0.493 e. The standard InChI is InChI=1S/C20H27N3O5S/c1-27-18-9-4-15(14-19(18)28-2)10-11-22-12-13-23(29(3,25)26)17-7-5-16(6-8-17)20(21)24/h4-9,14,22H,10-13H2,1-3H3,(H2,21,24). The number of carbonyl (C=O) groups excluding carboxylic acids is 1. The monoisotopic (exact) mass is 421 g/mol. The number of ether oxygens (including phenoxy) is 2. The summed E-state index contributed by atoms with van der Waals surface area (Å²) in [6.07, 6.45) is 1.91. The fourth-order valence-electron chi connectivity index (χ4n) is 2.85. The van der Waals surface area contributed by atoms with Crippen LogP contribution in [0.1, 0.15) is 15.9 Å². The van der Waals surface area contributed by atoms with Gasteiger partial charge in [0.15, 0.2) is 11.5 Å². The van der Waals surface area contributed by atoms with Gasteiger partial charge in [-0.15, -0.1) is 0 Å². The van der Waals surface area contributed by atoms with Gasteiger partial charge in [0, 0.05) is 18.7 Å². The summed E-state index contributed by atoms with van der Waals surface area (Å²) in [6, 6.07) is 11.9. The summed E-state index contributed by atoms with van der Waals surface area (Å²) in [5.41, 5.74) is 7.12. The molecule has 0 atom stereocenters. The molecule has 0 aliphatic carbocycles. The minimum Gasteiger partial charge on any atom is -0.493 e. The third-order valence-corrected chi connectivity index (χ3v) is 5.56. The lowest BCUT2D eigenvalue weighted by Crippen LogP contribution is -2.36. The number of hydrogen-bond acceptors (Lipinski definition) is 6. The van der Waals surface area contributed by atoms with Gasteiger partial charge >= 0.3 is 0 Å². The maximum absolute atomic E-state index is 12.1. The van der Waals surface area contributed by atoms with Gasteiger partial charge in [-0.3, -0.25) is 9.10 Å². The topological polar surface area (TPSA) is 111 Å². The van der Waals surface area contributed by atoms with Crippen LogP contribution < -0.4 is 24.8 Å². The van der Waals surface area contributed by atoms with Crippen LogP contribution in [0.2, 0.25) is 0 Å². The number of rotatable bonds is 11. The molecule has 0 aliphatic heterocycles. The zero-order valence-electron chi connectivity index (χ0n) is 16.8. The molecule has 2 aromatic carbocycles. The summed E-state index contributed by atoms with van der Waals surface area (Å²) < 4.78 is 36.1. The minimum absolute atomic E-state index is 0.265. The van der Waals surface area contributed by atoms with Gasteiger partial charge in [-0.1, -0.05) is 6.07 Å². The Morgan fingerprint density at radius 2 is 1.69 bits per heavy atom. The van der Waals surface area contributed by atoms with E-state index in [9.17, 15) is 13.2 Å². The molecule has 0 aromatic heterocycles. The van der Waals surface area contributed by atoms with E-state index < -0.39 is 15.9 Å². The zero-order chi connectivity index (χ0) is 21.4. The molecule has 2 aromatic rings. The van der Waals surface area contributed by atoms with E-state index in [4.69, 9.17) is 15.2 Å². The lowest BCUT2D eigenvalue weighted by molar-refractivity contribution is 0.100. The first-order chi connectivity index (χ1) is 13.8. The highest BCUT2D eigenvalue weighted by Gasteiger charge is 2.17. The number of nitrogens with two attached hydrogens (primary N) is 1. The molecule has 0 unspecified atom stereocenters. The predicted molar refractivity (Wildman–Crippen MR) is 113 cm³/mol. The van der Waals surface area contributed by atoms with Crippen LogP contribution in [0.3, 0.4) is 0 Å². The Morgan fingerprint density at radius 1 is 1.03 bits per heavy atom. The Hall–Kier alpha value is -2.78. The van der Waals surface area contributed by atoms with Crippen LogP contribution in [0, 0.1) is 0 Å². The van der Waals surface area contributed by atoms with Crippen LogP contribution in [0.4, 0.5) is 5.69 Å². The molecule has 0 saturated heterocycles. The molecule has 0 saturated carbocycles. The number of nitrogens with zero attached hydrogens (tertiary/aromatic N) is 1. The van der Waals surface area contributed by atoms with Crippen LogP contribution in [-0.2, 0) is 16.4 Å². The number of methoxy groups -OCH3 is 2. The van der Waals surface area contributed by atoms with Crippen molar-refractivity contribution >= 4 is 21.6 Å². The van der Waals surface area contributed by atoms with Gasteiger partial charge in [-0.2, -0.15) is 0 Å². The number of anilines is 1. The average molecular weight is 422 g/mol. The van der Waals surface area contributed by atoms with E-state index in [2.05, 4.69) is 5.32 Å². The van der Waals surface area contributed by atoms with Crippen LogP contribution in [0.15, 0.2) is 42.5 Å². The first kappa shape index (κ1) is 22.5. The molecule has 8 nitrogen and oxygen atoms in total. The maximum atomic E-state index is 12.1. The van der Waals surface area contributed by atoms with Crippen LogP contribution in [0.25, 0.3) is 0 Å². The summed E-state index contributed by atoms with van der Waals surface area (Å²) in [7, 11) is -0.276. The number of benzene rings is 2. The number of primary amides is 1. The van der Waals surface area contributed by atoms with Crippen molar-refractivity contribution in [1.29, 1.82) is 0 Å². The van der Waals surface area contributed by atoms with Crippen LogP contribution in [-0.4, -0.2) is 54.4 Å². The fraction of sp³-hybridized carbons (Fsp3) is 0.350. The fourth-order valence-corrected chi connectivity index (χ4v) is 3.78. The molecule has 0 aliphatic rings. The number of sulfonamides is 1. The van der Waals surface area contributed by atoms with Gasteiger partial charge in [-0.25, -0.2) is 8.42 Å². The van der Waals surface area contributed by atoms with Crippen LogP contribution in [0.5, 0.6) is 11.5 Å². The first-order valence-electron chi connectivity index (χ1n) is 9.05. The summed E-state index contributed by atoms with van der Waals surface area (Å²) in [4.78, 5) is 11.2. The molecule has 0 radical (unpaired) electrons. The summed E-state index contributed by atoms with van der Waals surface area (Å²) in [5, 5.41) is 3.25. The van der Waals surface area contributed by atoms with Crippen molar-refractivity contribution in [3.05, 3.63) is 53.6 Å². The molecule has 0 spiro atoms. The van der Waals surface area contributed by atoms with E-state index in [0.29, 0.717) is 35.8 Å². The molecule has 0 bridgehead atoms. The van der Waals surface area contributed by atoms with Gasteiger partial charge in [0.1, 0.15) is 0 Å². The van der Waals surface area contributed by atoms with Gasteiger partial charge in [0.05, 0.1) is 26.2 Å². The highest BCUT2D eigenvalue weighted by molar-refractivity contribution is 7.92. The van der Waals surface area contributed by atoms with Gasteiger partial charge in [0.25, 0.3) is 0 Å². The first-order valence-corrected chi connectivity index (χ1v) is 10.9. The molecule has 0 fully saturated rings. The SMILES string of the molecule is COc1ccc(CCNCCN(c2ccc(C(N)=O)cc2)S(C)(=O)=O)cc1OC. The van der Waals surface area contributed by atoms with Crippen LogP contribution >= 0.6 is 0 Å². The third-order valence-electron chi connectivity index (χ3n) is 4.37. The molecule has 29 heavy (non-hydrogen) atoms. The summed E-state index contributed by atoms with van der Waals surface area (Å²) >= 11 is 0. The lowest BCUT2D eigenvalue weighted by Gasteiger charge is -2.22. The molecule has 0 heterocycles. The Labute approximate surface area is 171 Å². The van der Waals surface area contributed by atoms with Crippen molar-refractivity contribution in [2.24, 2.45) is 5.73 Å². The van der Waals surface area contributed by atoms with Crippen molar-refractivity contribution < 1.29 is 22.7 Å². The normalized spacial score (nSPS) is 11.1. The van der Waals surface area contributed by atoms with Crippen molar-refractivity contribution in [1.82, 2.24) is 5.32 Å². The molecule has 9 heteroatoms. The summed E-state index contributed by atoms with van der Waals surface area (Å²) in [5.74, 6) is 0.794. The Kier molecular flexibility index (Phi) is 7.86. The lowest BCUT2D eigenvalue weighted by atomic mass is 10.1. The van der Waals surface area contributed by atoms with E-state index >= 15 is 0 Å². The summed E-state index contributed by atoms with van der Waals surface area (Å²) in [6.45, 7) is 1.41. The molecule has 1 amide bonds. The van der Waals surface area contributed by atoms with E-state index in [0.717, 1.165) is 18.2 Å². The second-order valence-electron chi connectivity index (χ2n) is 6.44. The molecule has 2 rings (SSSR count). The Balaban J connectivity index is 1.91. The minimum atomic E-state index is -3.46. The number of nitrogens with one attached hydrogen (secondary N) is 1. The van der Waals surface area contributed by atoms with E-state index in [1.54, 1.807) is 26.4 Å². The molecular formula is C20H27N3O5S. The maximum Gasteiger partial charge on any atom is 0.248 e. The Bertz CT molecular complexity index is 930. The zero-order valence-corrected chi connectivity index (χ0v) is 17.7. The molecule has 158 valence electrons. The number of amides is 1. The van der Waals surface area contributed by atoms with Gasteiger partial charge in [-0.05, 0) is 54.9 Å². The molecular weight excluding hydrogens is 394 g/mol.